The lowest BCUT2D eigenvalue weighted by Crippen LogP contribution is -2.18. The molecule has 0 heterocycles. The first kappa shape index (κ1) is 13.9. The van der Waals surface area contributed by atoms with Gasteiger partial charge in [-0.25, -0.2) is 13.1 Å². The fourth-order valence-electron chi connectivity index (χ4n) is 1.45. The first-order chi connectivity index (χ1) is 9.01. The van der Waals surface area contributed by atoms with Crippen LogP contribution in [0.5, 0.6) is 5.75 Å². The van der Waals surface area contributed by atoms with Gasteiger partial charge in [0.25, 0.3) is 0 Å². The predicted molar refractivity (Wildman–Crippen MR) is 74.9 cm³/mol. The number of rotatable bonds is 4. The summed E-state index contributed by atoms with van der Waals surface area (Å²) in [6, 6.07) is 13.5. The van der Waals surface area contributed by atoms with Crippen molar-refractivity contribution in [3.8, 4) is 5.75 Å². The number of hydrogen-bond donors (Lipinski definition) is 2. The first-order valence-corrected chi connectivity index (χ1v) is 7.82. The summed E-state index contributed by atoms with van der Waals surface area (Å²) in [5, 5.41) is 9.19. The van der Waals surface area contributed by atoms with E-state index in [2.05, 4.69) is 4.72 Å². The van der Waals surface area contributed by atoms with Gasteiger partial charge in [-0.1, -0.05) is 11.8 Å². The number of phenolic OH excluding ortho intramolecular Hbond substituents is 1. The number of nitrogens with one attached hydrogen (secondary N) is 1. The Bertz CT molecular complexity index is 649. The molecule has 4 nitrogen and oxygen atoms in total. The van der Waals surface area contributed by atoms with E-state index in [-0.39, 0.29) is 10.6 Å². The molecule has 0 radical (unpaired) electrons. The maximum Gasteiger partial charge on any atom is 0.240 e. The zero-order chi connectivity index (χ0) is 13.9. The lowest BCUT2D eigenvalue weighted by molar-refractivity contribution is 0.475. The van der Waals surface area contributed by atoms with E-state index in [4.69, 9.17) is 0 Å². The molecule has 0 fully saturated rings. The van der Waals surface area contributed by atoms with Crippen LogP contribution in [0.15, 0.2) is 63.2 Å². The van der Waals surface area contributed by atoms with E-state index in [1.807, 2.05) is 0 Å². The van der Waals surface area contributed by atoms with Crippen molar-refractivity contribution >= 4 is 21.8 Å². The molecule has 0 unspecified atom stereocenters. The zero-order valence-corrected chi connectivity index (χ0v) is 11.8. The minimum absolute atomic E-state index is 0.222. The van der Waals surface area contributed by atoms with Crippen LogP contribution in [0.2, 0.25) is 0 Å². The molecular formula is C13H13NO3S2. The topological polar surface area (TPSA) is 66.4 Å². The molecule has 0 amide bonds. The molecule has 0 spiro atoms. The minimum Gasteiger partial charge on any atom is -0.508 e. The van der Waals surface area contributed by atoms with Crippen LogP contribution < -0.4 is 4.72 Å². The smallest absolute Gasteiger partial charge is 0.240 e. The van der Waals surface area contributed by atoms with E-state index in [1.54, 1.807) is 48.5 Å². The van der Waals surface area contributed by atoms with E-state index < -0.39 is 10.0 Å². The second kappa shape index (κ2) is 5.64. The van der Waals surface area contributed by atoms with Crippen LogP contribution in [0, 0.1) is 0 Å². The monoisotopic (exact) mass is 295 g/mol. The highest BCUT2D eigenvalue weighted by atomic mass is 32.2. The largest absolute Gasteiger partial charge is 0.508 e. The average Bonchev–Trinajstić information content (AvgIpc) is 2.42. The van der Waals surface area contributed by atoms with E-state index in [0.717, 1.165) is 9.79 Å². The molecule has 2 aromatic rings. The van der Waals surface area contributed by atoms with Crippen LogP contribution in [-0.4, -0.2) is 20.6 Å². The van der Waals surface area contributed by atoms with Gasteiger partial charge in [0.1, 0.15) is 5.75 Å². The third-order valence-corrected chi connectivity index (χ3v) is 4.92. The quantitative estimate of drug-likeness (QED) is 0.909. The van der Waals surface area contributed by atoms with Crippen molar-refractivity contribution < 1.29 is 13.5 Å². The van der Waals surface area contributed by atoms with Gasteiger partial charge in [0, 0.05) is 9.79 Å². The zero-order valence-electron chi connectivity index (χ0n) is 10.2. The van der Waals surface area contributed by atoms with Crippen LogP contribution in [0.4, 0.5) is 0 Å². The summed E-state index contributed by atoms with van der Waals surface area (Å²) in [4.78, 5) is 2.15. The lowest BCUT2D eigenvalue weighted by Gasteiger charge is -2.05. The van der Waals surface area contributed by atoms with Gasteiger partial charge < -0.3 is 5.11 Å². The number of benzene rings is 2. The minimum atomic E-state index is -3.39. The van der Waals surface area contributed by atoms with E-state index in [9.17, 15) is 13.5 Å². The molecule has 2 rings (SSSR count). The Morgan fingerprint density at radius 2 is 1.42 bits per heavy atom. The molecule has 2 N–H and O–H groups in total. The molecular weight excluding hydrogens is 282 g/mol. The standard InChI is InChI=1S/C13H13NO3S2/c1-14-19(16,17)13-8-6-12(7-9-13)18-11-4-2-10(15)3-5-11/h2-9,14-15H,1H3. The predicted octanol–water partition coefficient (Wildman–Crippen LogP) is 2.45. The summed E-state index contributed by atoms with van der Waals surface area (Å²) < 4.78 is 25.4. The highest BCUT2D eigenvalue weighted by molar-refractivity contribution is 7.99. The van der Waals surface area contributed by atoms with Crippen molar-refractivity contribution in [3.05, 3.63) is 48.5 Å². The van der Waals surface area contributed by atoms with Crippen molar-refractivity contribution in [2.24, 2.45) is 0 Å². The van der Waals surface area contributed by atoms with Crippen molar-refractivity contribution in [1.82, 2.24) is 4.72 Å². The Balaban J connectivity index is 2.17. The SMILES string of the molecule is CNS(=O)(=O)c1ccc(Sc2ccc(O)cc2)cc1. The molecule has 100 valence electrons. The van der Waals surface area contributed by atoms with Gasteiger partial charge in [0.2, 0.25) is 10.0 Å². The molecule has 0 aliphatic carbocycles. The number of hydrogen-bond acceptors (Lipinski definition) is 4. The molecule has 0 aliphatic heterocycles. The van der Waals surface area contributed by atoms with Crippen LogP contribution >= 0.6 is 11.8 Å². The first-order valence-electron chi connectivity index (χ1n) is 5.52. The summed E-state index contributed by atoms with van der Waals surface area (Å²) in [5.74, 6) is 0.222. The number of phenols is 1. The van der Waals surface area contributed by atoms with E-state index in [0.29, 0.717) is 0 Å². The molecule has 0 saturated heterocycles. The number of aromatic hydroxyl groups is 1. The Hall–Kier alpha value is -1.50. The van der Waals surface area contributed by atoms with Gasteiger partial charge in [-0.05, 0) is 55.6 Å². The molecule has 19 heavy (non-hydrogen) atoms. The highest BCUT2D eigenvalue weighted by Crippen LogP contribution is 2.29. The Kier molecular flexibility index (Phi) is 4.14. The summed E-state index contributed by atoms with van der Waals surface area (Å²) in [6.07, 6.45) is 0. The molecule has 0 atom stereocenters. The normalized spacial score (nSPS) is 11.4. The van der Waals surface area contributed by atoms with Crippen LogP contribution in [0.25, 0.3) is 0 Å². The molecule has 0 bridgehead atoms. The van der Waals surface area contributed by atoms with Gasteiger partial charge >= 0.3 is 0 Å². The Labute approximate surface area is 116 Å². The molecule has 6 heteroatoms. The van der Waals surface area contributed by atoms with E-state index >= 15 is 0 Å². The van der Waals surface area contributed by atoms with Crippen molar-refractivity contribution in [1.29, 1.82) is 0 Å². The van der Waals surface area contributed by atoms with Crippen LogP contribution in [-0.2, 0) is 10.0 Å². The van der Waals surface area contributed by atoms with Crippen molar-refractivity contribution in [2.75, 3.05) is 7.05 Å². The average molecular weight is 295 g/mol. The van der Waals surface area contributed by atoms with Gasteiger partial charge in [-0.3, -0.25) is 0 Å². The fourth-order valence-corrected chi connectivity index (χ4v) is 3.00. The Morgan fingerprint density at radius 3 is 1.89 bits per heavy atom. The molecule has 2 aromatic carbocycles. The second-order valence-corrected chi connectivity index (χ2v) is 6.81. The third-order valence-electron chi connectivity index (χ3n) is 2.48. The van der Waals surface area contributed by atoms with Crippen LogP contribution in [0.1, 0.15) is 0 Å². The Morgan fingerprint density at radius 1 is 0.947 bits per heavy atom. The second-order valence-electron chi connectivity index (χ2n) is 3.77. The summed E-state index contributed by atoms with van der Waals surface area (Å²) in [6.45, 7) is 0. The van der Waals surface area contributed by atoms with Gasteiger partial charge in [0.05, 0.1) is 4.90 Å². The van der Waals surface area contributed by atoms with Crippen LogP contribution in [0.3, 0.4) is 0 Å². The van der Waals surface area contributed by atoms with Crippen molar-refractivity contribution in [3.63, 3.8) is 0 Å². The number of sulfonamides is 1. The van der Waals surface area contributed by atoms with Gasteiger partial charge in [0.15, 0.2) is 0 Å². The van der Waals surface area contributed by atoms with Crippen molar-refractivity contribution in [2.45, 2.75) is 14.7 Å². The molecule has 0 aliphatic rings. The third kappa shape index (κ3) is 3.50. The van der Waals surface area contributed by atoms with E-state index in [1.165, 1.54) is 18.8 Å². The summed E-state index contributed by atoms with van der Waals surface area (Å²) in [7, 11) is -2.00. The highest BCUT2D eigenvalue weighted by Gasteiger charge is 2.10. The maximum atomic E-state index is 11.6. The summed E-state index contributed by atoms with van der Waals surface area (Å²) >= 11 is 1.50. The van der Waals surface area contributed by atoms with Gasteiger partial charge in [-0.15, -0.1) is 0 Å². The van der Waals surface area contributed by atoms with Gasteiger partial charge in [-0.2, -0.15) is 0 Å². The maximum absolute atomic E-state index is 11.6. The summed E-state index contributed by atoms with van der Waals surface area (Å²) in [5.41, 5.74) is 0. The fraction of sp³-hybridized carbons (Fsp3) is 0.0769. The molecule has 0 aromatic heterocycles. The molecule has 0 saturated carbocycles. The lowest BCUT2D eigenvalue weighted by atomic mass is 10.3.